The van der Waals surface area contributed by atoms with Crippen LogP contribution in [-0.2, 0) is 12.8 Å². The Bertz CT molecular complexity index is 1440. The van der Waals surface area contributed by atoms with Crippen LogP contribution in [-0.4, -0.2) is 10.9 Å². The lowest BCUT2D eigenvalue weighted by Crippen LogP contribution is -2.13. The molecule has 0 fully saturated rings. The number of nitrogens with one attached hydrogen (secondary N) is 1. The Hall–Kier alpha value is -3.49. The molecule has 1 N–H and O–H groups in total. The molecule has 0 aliphatic heterocycles. The molecule has 5 rings (SSSR count). The van der Waals surface area contributed by atoms with Crippen molar-refractivity contribution in [2.45, 2.75) is 52.4 Å². The molecule has 0 spiro atoms. The van der Waals surface area contributed by atoms with E-state index >= 15 is 0 Å². The third kappa shape index (κ3) is 4.47. The Labute approximate surface area is 210 Å². The largest absolute Gasteiger partial charge is 0.312 e. The molecule has 2 aromatic heterocycles. The first kappa shape index (κ1) is 23.3. The van der Waals surface area contributed by atoms with Crippen molar-refractivity contribution < 1.29 is 4.79 Å². The summed E-state index contributed by atoms with van der Waals surface area (Å²) in [4.78, 5) is 19.7. The van der Waals surface area contributed by atoms with Crippen LogP contribution in [0, 0.1) is 17.2 Å². The molecule has 5 heteroatoms. The molecule has 35 heavy (non-hydrogen) atoms. The van der Waals surface area contributed by atoms with Gasteiger partial charge in [0.1, 0.15) is 11.1 Å². The molecule has 4 nitrogen and oxygen atoms in total. The van der Waals surface area contributed by atoms with Gasteiger partial charge < -0.3 is 5.32 Å². The fourth-order valence-corrected chi connectivity index (χ4v) is 6.24. The number of anilines is 1. The summed E-state index contributed by atoms with van der Waals surface area (Å²) in [6.07, 6.45) is 4.16. The molecule has 176 valence electrons. The summed E-state index contributed by atoms with van der Waals surface area (Å²) in [5.41, 5.74) is 6.12. The molecule has 1 aliphatic carbocycles. The van der Waals surface area contributed by atoms with Crippen LogP contribution in [0.25, 0.3) is 22.2 Å². The van der Waals surface area contributed by atoms with Crippen molar-refractivity contribution in [3.05, 3.63) is 81.7 Å². The Morgan fingerprint density at radius 1 is 1.20 bits per heavy atom. The van der Waals surface area contributed by atoms with Gasteiger partial charge in [0.15, 0.2) is 0 Å². The average Bonchev–Trinajstić information content (AvgIpc) is 3.23. The van der Waals surface area contributed by atoms with Crippen molar-refractivity contribution in [3.63, 3.8) is 0 Å². The Morgan fingerprint density at radius 3 is 2.69 bits per heavy atom. The van der Waals surface area contributed by atoms with Gasteiger partial charge in [-0.05, 0) is 54.4 Å². The number of carbonyl (C=O) groups is 1. The number of aromatic nitrogens is 1. The predicted octanol–water partition coefficient (Wildman–Crippen LogP) is 7.73. The summed E-state index contributed by atoms with van der Waals surface area (Å²) in [6, 6.07) is 20.3. The summed E-state index contributed by atoms with van der Waals surface area (Å²) in [5, 5.41) is 14.5. The maximum atomic E-state index is 13.6. The second kappa shape index (κ2) is 9.64. The molecule has 1 aliphatic rings. The quantitative estimate of drug-likeness (QED) is 0.318. The Morgan fingerprint density at radius 2 is 1.97 bits per heavy atom. The van der Waals surface area contributed by atoms with Crippen molar-refractivity contribution in [1.82, 2.24) is 4.98 Å². The molecule has 1 amide bonds. The monoisotopic (exact) mass is 479 g/mol. The van der Waals surface area contributed by atoms with Gasteiger partial charge in [0.2, 0.25) is 0 Å². The molecule has 2 aromatic carbocycles. The number of benzene rings is 2. The van der Waals surface area contributed by atoms with Crippen LogP contribution >= 0.6 is 11.3 Å². The van der Waals surface area contributed by atoms with E-state index in [0.717, 1.165) is 53.4 Å². The zero-order valence-electron chi connectivity index (χ0n) is 20.4. The minimum absolute atomic E-state index is 0.203. The molecular formula is C30H29N3OS. The van der Waals surface area contributed by atoms with Gasteiger partial charge in [-0.1, -0.05) is 69.7 Å². The minimum Gasteiger partial charge on any atom is -0.312 e. The van der Waals surface area contributed by atoms with Crippen molar-refractivity contribution in [2.24, 2.45) is 5.92 Å². The van der Waals surface area contributed by atoms with E-state index < -0.39 is 0 Å². The maximum Gasteiger partial charge on any atom is 0.257 e. The number of hydrogen-bond acceptors (Lipinski definition) is 4. The maximum absolute atomic E-state index is 13.6. The van der Waals surface area contributed by atoms with Crippen molar-refractivity contribution in [1.29, 1.82) is 5.26 Å². The number of thiophene rings is 1. The topological polar surface area (TPSA) is 65.8 Å². The first-order valence-electron chi connectivity index (χ1n) is 12.3. The van der Waals surface area contributed by atoms with E-state index in [-0.39, 0.29) is 5.91 Å². The molecule has 0 unspecified atom stereocenters. The number of nitriles is 1. The van der Waals surface area contributed by atoms with Gasteiger partial charge in [-0.25, -0.2) is 4.98 Å². The molecule has 0 saturated carbocycles. The number of rotatable bonds is 5. The number of carbonyl (C=O) groups excluding carboxylic acids is 1. The van der Waals surface area contributed by atoms with Gasteiger partial charge in [0.05, 0.1) is 22.3 Å². The first-order valence-corrected chi connectivity index (χ1v) is 13.2. The summed E-state index contributed by atoms with van der Waals surface area (Å²) in [7, 11) is 0. The third-order valence-electron chi connectivity index (χ3n) is 7.12. The van der Waals surface area contributed by atoms with Crippen LogP contribution in [0.5, 0.6) is 0 Å². The number of amides is 1. The number of hydrogen-bond donors (Lipinski definition) is 1. The molecule has 0 saturated heterocycles. The molecule has 0 radical (unpaired) electrons. The van der Waals surface area contributed by atoms with E-state index in [0.29, 0.717) is 28.0 Å². The zero-order valence-corrected chi connectivity index (χ0v) is 21.2. The Kier molecular flexibility index (Phi) is 6.40. The first-order chi connectivity index (χ1) is 17.0. The van der Waals surface area contributed by atoms with E-state index in [2.05, 4.69) is 56.4 Å². The van der Waals surface area contributed by atoms with E-state index in [4.69, 9.17) is 4.98 Å². The van der Waals surface area contributed by atoms with Crippen LogP contribution in [0.15, 0.2) is 54.6 Å². The second-order valence-electron chi connectivity index (χ2n) is 9.64. The molecule has 0 bridgehead atoms. The molecule has 1 atom stereocenters. The highest BCUT2D eigenvalue weighted by molar-refractivity contribution is 7.16. The van der Waals surface area contributed by atoms with Crippen molar-refractivity contribution >= 4 is 33.1 Å². The van der Waals surface area contributed by atoms with Crippen LogP contribution in [0.3, 0.4) is 0 Å². The summed E-state index contributed by atoms with van der Waals surface area (Å²) in [5.74, 6) is 0.907. The minimum atomic E-state index is -0.203. The number of nitrogens with zero attached hydrogens (tertiary/aromatic N) is 2. The normalized spacial score (nSPS) is 15.1. The Balaban J connectivity index is 1.53. The lowest BCUT2D eigenvalue weighted by Gasteiger charge is -2.20. The van der Waals surface area contributed by atoms with Crippen LogP contribution < -0.4 is 5.32 Å². The lowest BCUT2D eigenvalue weighted by atomic mass is 9.86. The number of fused-ring (bicyclic) bond motifs is 2. The van der Waals surface area contributed by atoms with E-state index in [1.807, 2.05) is 30.3 Å². The van der Waals surface area contributed by atoms with Crippen LogP contribution in [0.1, 0.15) is 71.5 Å². The van der Waals surface area contributed by atoms with Crippen molar-refractivity contribution in [2.75, 3.05) is 5.32 Å². The summed E-state index contributed by atoms with van der Waals surface area (Å²) in [6.45, 7) is 6.57. The highest BCUT2D eigenvalue weighted by atomic mass is 32.1. The van der Waals surface area contributed by atoms with Gasteiger partial charge in [-0.2, -0.15) is 5.26 Å². The fourth-order valence-electron chi connectivity index (χ4n) is 4.93. The lowest BCUT2D eigenvalue weighted by molar-refractivity contribution is 0.102. The van der Waals surface area contributed by atoms with Crippen molar-refractivity contribution in [3.8, 4) is 17.3 Å². The highest BCUT2D eigenvalue weighted by Gasteiger charge is 2.26. The highest BCUT2D eigenvalue weighted by Crippen LogP contribution is 2.40. The SMILES string of the molecule is CC[C@H]1CCc2c(sc(NC(=O)c3cc(-c4ccc(C(C)C)cc4)nc4ccccc34)c2C#N)C1. The predicted molar refractivity (Wildman–Crippen MR) is 144 cm³/mol. The standard InChI is InChI=1S/C30H29N3OS/c1-4-19-9-14-23-25(17-31)30(35-28(23)15-19)33-29(34)24-16-27(32-26-8-6-5-7-22(24)26)21-12-10-20(11-13-21)18(2)3/h5-8,10-13,16,18-19H,4,9,14-15H2,1-3H3,(H,33,34)/t19-/m0/s1. The fraction of sp³-hybridized carbons (Fsp3) is 0.300. The van der Waals surface area contributed by atoms with Gasteiger partial charge >= 0.3 is 0 Å². The average molecular weight is 480 g/mol. The van der Waals surface area contributed by atoms with Gasteiger partial charge in [-0.3, -0.25) is 4.79 Å². The van der Waals surface area contributed by atoms with Gasteiger partial charge in [0.25, 0.3) is 5.91 Å². The number of para-hydroxylation sites is 1. The van der Waals surface area contributed by atoms with E-state index in [1.54, 1.807) is 11.3 Å². The molecular weight excluding hydrogens is 450 g/mol. The molecule has 4 aromatic rings. The molecule has 2 heterocycles. The van der Waals surface area contributed by atoms with Crippen LogP contribution in [0.2, 0.25) is 0 Å². The number of pyridine rings is 1. The van der Waals surface area contributed by atoms with E-state index in [9.17, 15) is 10.1 Å². The van der Waals surface area contributed by atoms with Gasteiger partial charge in [0, 0.05) is 15.8 Å². The summed E-state index contributed by atoms with van der Waals surface area (Å²) >= 11 is 1.57. The van der Waals surface area contributed by atoms with Gasteiger partial charge in [-0.15, -0.1) is 11.3 Å². The summed E-state index contributed by atoms with van der Waals surface area (Å²) < 4.78 is 0. The smallest absolute Gasteiger partial charge is 0.257 e. The van der Waals surface area contributed by atoms with Crippen LogP contribution in [0.4, 0.5) is 5.00 Å². The second-order valence-corrected chi connectivity index (χ2v) is 10.7. The van der Waals surface area contributed by atoms with E-state index in [1.165, 1.54) is 10.4 Å². The third-order valence-corrected chi connectivity index (χ3v) is 8.29. The zero-order chi connectivity index (χ0) is 24.5.